The number of aliphatic hydroxyl groups is 1. The third-order valence-corrected chi connectivity index (χ3v) is 6.52. The lowest BCUT2D eigenvalue weighted by Gasteiger charge is -2.29. The van der Waals surface area contributed by atoms with Crippen LogP contribution in [0.2, 0.25) is 0 Å². The van der Waals surface area contributed by atoms with E-state index in [0.717, 1.165) is 19.6 Å². The van der Waals surface area contributed by atoms with Crippen molar-refractivity contribution in [2.75, 3.05) is 52.6 Å². The van der Waals surface area contributed by atoms with Crippen LogP contribution in [0.5, 0.6) is 11.5 Å². The van der Waals surface area contributed by atoms with Gasteiger partial charge < -0.3 is 24.2 Å². The maximum absolute atomic E-state index is 13.5. The lowest BCUT2D eigenvalue weighted by molar-refractivity contribution is -0.140. The number of likely N-dealkylation sites (tertiary alicyclic amines) is 1. The van der Waals surface area contributed by atoms with Crippen molar-refractivity contribution in [1.82, 2.24) is 9.80 Å². The summed E-state index contributed by atoms with van der Waals surface area (Å²) < 4.78 is 30.4. The molecule has 0 saturated carbocycles. The molecule has 8 nitrogen and oxygen atoms in total. The molecule has 0 bridgehead atoms. The summed E-state index contributed by atoms with van der Waals surface area (Å²) in [6.45, 7) is 8.65. The average Bonchev–Trinajstić information content (AvgIpc) is 3.16. The summed E-state index contributed by atoms with van der Waals surface area (Å²) >= 11 is 0. The smallest absolute Gasteiger partial charge is 0.295 e. The van der Waals surface area contributed by atoms with Gasteiger partial charge in [-0.05, 0) is 62.2 Å². The number of hydrogen-bond acceptors (Lipinski definition) is 7. The molecule has 1 N–H and O–H groups in total. The fourth-order valence-corrected chi connectivity index (χ4v) is 4.75. The van der Waals surface area contributed by atoms with Gasteiger partial charge in [-0.1, -0.05) is 6.07 Å². The van der Waals surface area contributed by atoms with Crippen LogP contribution in [-0.4, -0.2) is 79.2 Å². The summed E-state index contributed by atoms with van der Waals surface area (Å²) in [5, 5.41) is 11.2. The van der Waals surface area contributed by atoms with E-state index < -0.39 is 23.5 Å². The number of nitrogens with zero attached hydrogens (tertiary/aromatic N) is 2. The van der Waals surface area contributed by atoms with Gasteiger partial charge in [0.15, 0.2) is 11.5 Å². The van der Waals surface area contributed by atoms with E-state index >= 15 is 0 Å². The first-order chi connectivity index (χ1) is 17.9. The van der Waals surface area contributed by atoms with Crippen molar-refractivity contribution in [1.29, 1.82) is 0 Å². The van der Waals surface area contributed by atoms with Crippen LogP contribution in [0.4, 0.5) is 4.39 Å². The van der Waals surface area contributed by atoms with Crippen LogP contribution in [-0.2, 0) is 14.3 Å². The Balaban J connectivity index is 1.72. The number of carbonyl (C=O) groups excluding carboxylic acids is 2. The molecule has 0 radical (unpaired) electrons. The quantitative estimate of drug-likeness (QED) is 0.295. The Morgan fingerprint density at radius 1 is 1.00 bits per heavy atom. The second-order valence-electron chi connectivity index (χ2n) is 8.88. The highest BCUT2D eigenvalue weighted by atomic mass is 19.1. The first kappa shape index (κ1) is 26.6. The molecular weight excluding hydrogens is 479 g/mol. The van der Waals surface area contributed by atoms with Gasteiger partial charge in [0.25, 0.3) is 11.7 Å². The lowest BCUT2D eigenvalue weighted by atomic mass is 9.95. The van der Waals surface area contributed by atoms with Crippen molar-refractivity contribution >= 4 is 17.4 Å². The van der Waals surface area contributed by atoms with Crippen molar-refractivity contribution in [2.24, 2.45) is 0 Å². The normalized spacial score (nSPS) is 19.9. The Hall–Kier alpha value is -3.43. The topological polar surface area (TPSA) is 88.5 Å². The second-order valence-corrected chi connectivity index (χ2v) is 8.88. The van der Waals surface area contributed by atoms with Crippen LogP contribution < -0.4 is 9.47 Å². The molecule has 2 aliphatic heterocycles. The molecule has 2 aromatic rings. The van der Waals surface area contributed by atoms with E-state index in [-0.39, 0.29) is 16.9 Å². The molecule has 2 aromatic carbocycles. The minimum Gasteiger partial charge on any atom is -0.507 e. The molecule has 2 fully saturated rings. The van der Waals surface area contributed by atoms with Gasteiger partial charge in [-0.25, -0.2) is 4.39 Å². The summed E-state index contributed by atoms with van der Waals surface area (Å²) in [5.74, 6) is -1.22. The summed E-state index contributed by atoms with van der Waals surface area (Å²) in [4.78, 5) is 30.3. The number of Topliss-reactive ketones (excluding diaryl/α,β-unsaturated/α-hetero) is 1. The van der Waals surface area contributed by atoms with Crippen molar-refractivity contribution in [3.8, 4) is 11.5 Å². The molecule has 9 heteroatoms. The molecule has 2 aliphatic rings. The molecule has 0 spiro atoms. The van der Waals surface area contributed by atoms with E-state index in [1.54, 1.807) is 18.2 Å². The molecule has 1 atom stereocenters. The Morgan fingerprint density at radius 3 is 2.35 bits per heavy atom. The molecule has 2 heterocycles. The molecule has 0 aromatic heterocycles. The zero-order valence-corrected chi connectivity index (χ0v) is 21.2. The monoisotopic (exact) mass is 512 g/mol. The molecular formula is C28H33FN2O6. The Kier molecular flexibility index (Phi) is 8.78. The zero-order chi connectivity index (χ0) is 26.4. The first-order valence-corrected chi connectivity index (χ1v) is 12.7. The molecule has 4 rings (SSSR count). The number of amides is 1. The first-order valence-electron chi connectivity index (χ1n) is 12.7. The van der Waals surface area contributed by atoms with Crippen LogP contribution in [0.1, 0.15) is 37.4 Å². The zero-order valence-electron chi connectivity index (χ0n) is 21.2. The highest BCUT2D eigenvalue weighted by Gasteiger charge is 2.46. The number of aliphatic hydroxyl groups excluding tert-OH is 1. The minimum atomic E-state index is -0.829. The molecule has 0 aliphatic carbocycles. The Bertz CT molecular complexity index is 1140. The van der Waals surface area contributed by atoms with Crippen molar-refractivity contribution in [3.05, 3.63) is 65.0 Å². The number of carbonyl (C=O) groups is 2. The maximum Gasteiger partial charge on any atom is 0.295 e. The van der Waals surface area contributed by atoms with Gasteiger partial charge in [0, 0.05) is 31.7 Å². The SMILES string of the molecule is CCOc1ccc(C2/C(=C(/O)c3ccc(F)cc3)C(=O)C(=O)N2CCCN2CCOCC2)cc1OCC. The van der Waals surface area contributed by atoms with Crippen molar-refractivity contribution < 1.29 is 33.3 Å². The fraction of sp³-hybridized carbons (Fsp3) is 0.429. The van der Waals surface area contributed by atoms with E-state index in [2.05, 4.69) is 4.90 Å². The minimum absolute atomic E-state index is 0.0328. The van der Waals surface area contributed by atoms with E-state index in [9.17, 15) is 19.1 Å². The van der Waals surface area contributed by atoms with Crippen molar-refractivity contribution in [3.63, 3.8) is 0 Å². The third-order valence-electron chi connectivity index (χ3n) is 6.52. The van der Waals surface area contributed by atoms with Gasteiger partial charge in [0.1, 0.15) is 11.6 Å². The third kappa shape index (κ3) is 5.94. The molecule has 1 unspecified atom stereocenters. The van der Waals surface area contributed by atoms with Gasteiger partial charge in [0.05, 0.1) is 38.0 Å². The van der Waals surface area contributed by atoms with E-state index in [1.807, 2.05) is 13.8 Å². The largest absolute Gasteiger partial charge is 0.507 e. The van der Waals surface area contributed by atoms with E-state index in [1.165, 1.54) is 29.2 Å². The lowest BCUT2D eigenvalue weighted by Crippen LogP contribution is -2.39. The highest BCUT2D eigenvalue weighted by molar-refractivity contribution is 6.46. The summed E-state index contributed by atoms with van der Waals surface area (Å²) in [5.41, 5.74) is 0.837. The Morgan fingerprint density at radius 2 is 1.68 bits per heavy atom. The van der Waals surface area contributed by atoms with Crippen LogP contribution in [0.25, 0.3) is 5.76 Å². The second kappa shape index (κ2) is 12.2. The van der Waals surface area contributed by atoms with Gasteiger partial charge in [-0.2, -0.15) is 0 Å². The number of ether oxygens (including phenoxy) is 3. The highest BCUT2D eigenvalue weighted by Crippen LogP contribution is 2.42. The predicted molar refractivity (Wildman–Crippen MR) is 136 cm³/mol. The summed E-state index contributed by atoms with van der Waals surface area (Å²) in [7, 11) is 0. The van der Waals surface area contributed by atoms with Gasteiger partial charge in [-0.15, -0.1) is 0 Å². The van der Waals surface area contributed by atoms with Crippen LogP contribution in [0, 0.1) is 5.82 Å². The van der Waals surface area contributed by atoms with Crippen LogP contribution in [0.15, 0.2) is 48.0 Å². The van der Waals surface area contributed by atoms with Gasteiger partial charge in [0.2, 0.25) is 0 Å². The Labute approximate surface area is 216 Å². The number of rotatable bonds is 10. The fourth-order valence-electron chi connectivity index (χ4n) is 4.75. The van der Waals surface area contributed by atoms with Crippen LogP contribution >= 0.6 is 0 Å². The molecule has 2 saturated heterocycles. The van der Waals surface area contributed by atoms with Crippen molar-refractivity contribution in [2.45, 2.75) is 26.3 Å². The molecule has 198 valence electrons. The van der Waals surface area contributed by atoms with E-state index in [0.29, 0.717) is 56.5 Å². The molecule has 1 amide bonds. The summed E-state index contributed by atoms with van der Waals surface area (Å²) in [6.07, 6.45) is 0.648. The summed E-state index contributed by atoms with van der Waals surface area (Å²) in [6, 6.07) is 9.61. The van der Waals surface area contributed by atoms with E-state index in [4.69, 9.17) is 14.2 Å². The number of morpholine rings is 1. The number of ketones is 1. The number of hydrogen-bond donors (Lipinski definition) is 1. The molecule has 37 heavy (non-hydrogen) atoms. The van der Waals surface area contributed by atoms with Gasteiger partial charge >= 0.3 is 0 Å². The maximum atomic E-state index is 13.5. The van der Waals surface area contributed by atoms with Crippen LogP contribution in [0.3, 0.4) is 0 Å². The number of benzene rings is 2. The predicted octanol–water partition coefficient (Wildman–Crippen LogP) is 3.77. The average molecular weight is 513 g/mol. The van der Waals surface area contributed by atoms with Gasteiger partial charge in [-0.3, -0.25) is 14.5 Å². The number of halogens is 1. The standard InChI is InChI=1S/C28H33FN2O6/c1-3-36-22-11-8-20(18-23(22)37-4-2)25-24(26(32)19-6-9-21(29)10-7-19)27(33)28(34)31(25)13-5-12-30-14-16-35-17-15-30/h6-11,18,25,32H,3-5,12-17H2,1-2H3/b26-24-.